The van der Waals surface area contributed by atoms with Crippen molar-refractivity contribution in [3.63, 3.8) is 0 Å². The lowest BCUT2D eigenvalue weighted by atomic mass is 10.4. The minimum atomic E-state index is -3.55. The molecule has 0 unspecified atom stereocenters. The summed E-state index contributed by atoms with van der Waals surface area (Å²) in [7, 11) is -1.82. The van der Waals surface area contributed by atoms with Gasteiger partial charge in [0, 0.05) is 36.1 Å². The predicted molar refractivity (Wildman–Crippen MR) is 80.3 cm³/mol. The van der Waals surface area contributed by atoms with Crippen molar-refractivity contribution >= 4 is 27.2 Å². The van der Waals surface area contributed by atoms with Crippen molar-refractivity contribution in [2.45, 2.75) is 24.8 Å². The van der Waals surface area contributed by atoms with Gasteiger partial charge in [-0.05, 0) is 19.0 Å². The van der Waals surface area contributed by atoms with Crippen LogP contribution in [0.4, 0.5) is 5.82 Å². The molecule has 110 valence electrons. The maximum absolute atomic E-state index is 12.2. The fraction of sp³-hybridized carbons (Fsp3) is 0.417. The summed E-state index contributed by atoms with van der Waals surface area (Å²) in [6.45, 7) is 3.71. The van der Waals surface area contributed by atoms with Crippen LogP contribution in [0.3, 0.4) is 0 Å². The van der Waals surface area contributed by atoms with Crippen LogP contribution in [0.1, 0.15) is 18.2 Å². The number of aryl methyl sites for hydroxylation is 1. The molecule has 0 aromatic carbocycles. The van der Waals surface area contributed by atoms with Gasteiger partial charge < -0.3 is 5.32 Å². The fourth-order valence-corrected chi connectivity index (χ4v) is 3.89. The van der Waals surface area contributed by atoms with E-state index in [-0.39, 0.29) is 4.90 Å². The number of hydrogen-bond donors (Lipinski definition) is 2. The van der Waals surface area contributed by atoms with Crippen LogP contribution in [0.25, 0.3) is 0 Å². The van der Waals surface area contributed by atoms with Crippen LogP contribution < -0.4 is 10.0 Å². The zero-order chi connectivity index (χ0) is 14.6. The Morgan fingerprint density at radius 3 is 2.90 bits per heavy atom. The van der Waals surface area contributed by atoms with E-state index in [0.717, 1.165) is 17.8 Å². The number of hydrogen-bond acceptors (Lipinski definition) is 5. The normalized spacial score (nSPS) is 11.7. The van der Waals surface area contributed by atoms with Gasteiger partial charge in [0.2, 0.25) is 0 Å². The molecule has 2 rings (SSSR count). The van der Waals surface area contributed by atoms with Crippen LogP contribution >= 0.6 is 11.3 Å². The Hall–Kier alpha value is -1.38. The first-order valence-electron chi connectivity index (χ1n) is 6.32. The molecule has 0 saturated heterocycles. The van der Waals surface area contributed by atoms with Crippen molar-refractivity contribution in [1.82, 2.24) is 15.1 Å². The Balaban J connectivity index is 2.06. The third-order valence-corrected chi connectivity index (χ3v) is 5.04. The van der Waals surface area contributed by atoms with Gasteiger partial charge in [-0.2, -0.15) is 5.10 Å². The van der Waals surface area contributed by atoms with Crippen LogP contribution in [0.5, 0.6) is 0 Å². The van der Waals surface area contributed by atoms with E-state index in [1.54, 1.807) is 35.4 Å². The van der Waals surface area contributed by atoms with Crippen molar-refractivity contribution in [2.24, 2.45) is 7.05 Å². The van der Waals surface area contributed by atoms with E-state index in [0.29, 0.717) is 12.4 Å². The molecule has 0 atom stereocenters. The third-order valence-electron chi connectivity index (χ3n) is 2.62. The zero-order valence-corrected chi connectivity index (χ0v) is 13.1. The number of aromatic nitrogens is 2. The molecular formula is C12H18N4O2S2. The van der Waals surface area contributed by atoms with Gasteiger partial charge >= 0.3 is 0 Å². The first-order valence-corrected chi connectivity index (χ1v) is 8.68. The van der Waals surface area contributed by atoms with Gasteiger partial charge in [-0.3, -0.25) is 9.40 Å². The maximum atomic E-state index is 12.2. The summed E-state index contributed by atoms with van der Waals surface area (Å²) in [6.07, 6.45) is 2.74. The highest BCUT2D eigenvalue weighted by atomic mass is 32.2. The Kier molecular flexibility index (Phi) is 4.79. The van der Waals surface area contributed by atoms with Gasteiger partial charge in [0.1, 0.15) is 0 Å². The predicted octanol–water partition coefficient (Wildman–Crippen LogP) is 1.78. The average Bonchev–Trinajstić information content (AvgIpc) is 2.99. The lowest BCUT2D eigenvalue weighted by Crippen LogP contribution is -2.14. The Bertz CT molecular complexity index is 661. The highest BCUT2D eigenvalue weighted by Crippen LogP contribution is 2.21. The zero-order valence-electron chi connectivity index (χ0n) is 11.5. The summed E-state index contributed by atoms with van der Waals surface area (Å²) in [5, 5.41) is 8.90. The highest BCUT2D eigenvalue weighted by molar-refractivity contribution is 7.92. The molecule has 0 aliphatic heterocycles. The number of nitrogens with zero attached hydrogens (tertiary/aromatic N) is 2. The minimum Gasteiger partial charge on any atom is -0.312 e. The standard InChI is InChI=1S/C12H18N4O2S2/c1-3-5-13-8-10-7-11(9-19-10)20(17,18)15-12-4-6-16(2)14-12/h4,6-7,9,13H,3,5,8H2,1-2H3,(H,14,15). The van der Waals surface area contributed by atoms with Gasteiger partial charge in [-0.15, -0.1) is 11.3 Å². The third kappa shape index (κ3) is 3.81. The molecule has 2 heterocycles. The molecule has 0 aliphatic rings. The number of nitrogens with one attached hydrogen (secondary N) is 2. The molecule has 0 amide bonds. The summed E-state index contributed by atoms with van der Waals surface area (Å²) >= 11 is 1.44. The van der Waals surface area contributed by atoms with Gasteiger partial charge in [0.05, 0.1) is 4.90 Å². The lowest BCUT2D eigenvalue weighted by Gasteiger charge is -2.02. The van der Waals surface area contributed by atoms with E-state index < -0.39 is 10.0 Å². The van der Waals surface area contributed by atoms with E-state index >= 15 is 0 Å². The molecule has 2 aromatic rings. The molecule has 2 N–H and O–H groups in total. The highest BCUT2D eigenvalue weighted by Gasteiger charge is 2.17. The van der Waals surface area contributed by atoms with Gasteiger partial charge in [0.15, 0.2) is 5.82 Å². The quantitative estimate of drug-likeness (QED) is 0.764. The molecule has 8 heteroatoms. The minimum absolute atomic E-state index is 0.279. The van der Waals surface area contributed by atoms with Gasteiger partial charge in [0.25, 0.3) is 10.0 Å². The van der Waals surface area contributed by atoms with Crippen LogP contribution in [-0.4, -0.2) is 24.7 Å². The number of anilines is 1. The van der Waals surface area contributed by atoms with Crippen LogP contribution in [0.2, 0.25) is 0 Å². The summed E-state index contributed by atoms with van der Waals surface area (Å²) < 4.78 is 28.4. The topological polar surface area (TPSA) is 76.0 Å². The molecule has 20 heavy (non-hydrogen) atoms. The Morgan fingerprint density at radius 1 is 1.45 bits per heavy atom. The van der Waals surface area contributed by atoms with Gasteiger partial charge in [-0.1, -0.05) is 6.92 Å². The van der Waals surface area contributed by atoms with E-state index in [1.165, 1.54) is 11.3 Å². The molecule has 0 aliphatic carbocycles. The van der Waals surface area contributed by atoms with Crippen molar-refractivity contribution in [2.75, 3.05) is 11.3 Å². The summed E-state index contributed by atoms with van der Waals surface area (Å²) in [6, 6.07) is 3.31. The Morgan fingerprint density at radius 2 is 2.25 bits per heavy atom. The number of sulfonamides is 1. The van der Waals surface area contributed by atoms with Gasteiger partial charge in [-0.25, -0.2) is 8.42 Å². The monoisotopic (exact) mass is 314 g/mol. The summed E-state index contributed by atoms with van der Waals surface area (Å²) in [5.74, 6) is 0.323. The Labute approximate surface area is 122 Å². The second kappa shape index (κ2) is 6.38. The largest absolute Gasteiger partial charge is 0.312 e. The smallest absolute Gasteiger partial charge is 0.263 e. The van der Waals surface area contributed by atoms with E-state index in [1.807, 2.05) is 0 Å². The molecule has 0 bridgehead atoms. The van der Waals surface area contributed by atoms with Crippen molar-refractivity contribution in [3.8, 4) is 0 Å². The van der Waals surface area contributed by atoms with E-state index in [9.17, 15) is 8.42 Å². The van der Waals surface area contributed by atoms with Crippen molar-refractivity contribution in [3.05, 3.63) is 28.6 Å². The average molecular weight is 314 g/mol. The second-order valence-electron chi connectivity index (χ2n) is 4.41. The fourth-order valence-electron chi connectivity index (χ4n) is 1.65. The molecule has 0 saturated carbocycles. The maximum Gasteiger partial charge on any atom is 0.263 e. The second-order valence-corrected chi connectivity index (χ2v) is 7.08. The molecule has 0 spiro atoms. The number of rotatable bonds is 7. The van der Waals surface area contributed by atoms with Crippen LogP contribution in [0.15, 0.2) is 28.6 Å². The molecule has 2 aromatic heterocycles. The molecule has 6 nitrogen and oxygen atoms in total. The first-order chi connectivity index (χ1) is 9.51. The van der Waals surface area contributed by atoms with Crippen molar-refractivity contribution < 1.29 is 8.42 Å². The molecule has 0 fully saturated rings. The van der Waals surface area contributed by atoms with Crippen LogP contribution in [-0.2, 0) is 23.6 Å². The molecular weight excluding hydrogens is 296 g/mol. The summed E-state index contributed by atoms with van der Waals surface area (Å²) in [4.78, 5) is 1.28. The lowest BCUT2D eigenvalue weighted by molar-refractivity contribution is 0.601. The number of thiophene rings is 1. The van der Waals surface area contributed by atoms with E-state index in [2.05, 4.69) is 22.1 Å². The SMILES string of the molecule is CCCNCc1cc(S(=O)(=O)Nc2ccn(C)n2)cs1. The molecule has 0 radical (unpaired) electrons. The first kappa shape index (κ1) is 15.0. The van der Waals surface area contributed by atoms with Crippen LogP contribution in [0, 0.1) is 0 Å². The van der Waals surface area contributed by atoms with Crippen molar-refractivity contribution in [1.29, 1.82) is 0 Å². The summed E-state index contributed by atoms with van der Waals surface area (Å²) in [5.41, 5.74) is 0. The van der Waals surface area contributed by atoms with E-state index in [4.69, 9.17) is 0 Å².